The van der Waals surface area contributed by atoms with Crippen LogP contribution in [-0.2, 0) is 0 Å². The average molecular weight is 553 g/mol. The van der Waals surface area contributed by atoms with Crippen LogP contribution in [-0.4, -0.2) is 39.3 Å². The molecule has 206 valence electrons. The van der Waals surface area contributed by atoms with Crippen LogP contribution in [0.25, 0.3) is 0 Å². The van der Waals surface area contributed by atoms with Crippen molar-refractivity contribution in [3.63, 3.8) is 0 Å². The second-order valence-corrected chi connectivity index (χ2v) is 10.4. The Labute approximate surface area is 232 Å². The molecule has 2 aromatic heterocycles. The maximum absolute atomic E-state index is 15.0. The van der Waals surface area contributed by atoms with E-state index in [1.807, 2.05) is 13.0 Å². The SMILES string of the molecule is CC/C(C)=C(Nc1cnccn1)/C(=C(\N=C(/C)N(C)c1c(F)cc(SC)cc1F)Nc1cc(C)[nH]n1)C1CC1. The van der Waals surface area contributed by atoms with Crippen molar-refractivity contribution in [2.24, 2.45) is 10.9 Å². The Kier molecular flexibility index (Phi) is 9.01. The quantitative estimate of drug-likeness (QED) is 0.109. The lowest BCUT2D eigenvalue weighted by Gasteiger charge is -2.23. The molecule has 1 aliphatic rings. The number of aliphatic imine (C=N–C) groups is 1. The number of aromatic nitrogens is 4. The number of aromatic amines is 1. The second-order valence-electron chi connectivity index (χ2n) is 9.48. The van der Waals surface area contributed by atoms with E-state index >= 15 is 0 Å². The van der Waals surface area contributed by atoms with Crippen molar-refractivity contribution in [2.45, 2.75) is 51.9 Å². The molecule has 2 heterocycles. The zero-order valence-electron chi connectivity index (χ0n) is 23.1. The molecular formula is C28H34F2N8S. The Morgan fingerprint density at radius 3 is 2.38 bits per heavy atom. The molecule has 0 saturated heterocycles. The van der Waals surface area contributed by atoms with Gasteiger partial charge < -0.3 is 15.5 Å². The number of thioether (sulfide) groups is 1. The summed E-state index contributed by atoms with van der Waals surface area (Å²) in [6.45, 7) is 7.81. The maximum Gasteiger partial charge on any atom is 0.153 e. The fourth-order valence-corrected chi connectivity index (χ4v) is 4.54. The van der Waals surface area contributed by atoms with Gasteiger partial charge in [0.1, 0.15) is 23.2 Å². The highest BCUT2D eigenvalue weighted by Gasteiger charge is 2.33. The van der Waals surface area contributed by atoms with E-state index in [-0.39, 0.29) is 11.6 Å². The summed E-state index contributed by atoms with van der Waals surface area (Å²) in [4.78, 5) is 15.5. The third-order valence-corrected chi connectivity index (χ3v) is 7.26. The highest BCUT2D eigenvalue weighted by atomic mass is 32.2. The molecule has 4 rings (SSSR count). The highest BCUT2D eigenvalue weighted by Crippen LogP contribution is 2.43. The molecule has 3 aromatic rings. The Balaban J connectivity index is 1.86. The number of hydrogen-bond acceptors (Lipinski definition) is 7. The van der Waals surface area contributed by atoms with E-state index in [1.54, 1.807) is 38.8 Å². The Bertz CT molecular complexity index is 1390. The molecule has 8 nitrogen and oxygen atoms in total. The lowest BCUT2D eigenvalue weighted by molar-refractivity contribution is 0.579. The summed E-state index contributed by atoms with van der Waals surface area (Å²) in [6.07, 6.45) is 9.49. The summed E-state index contributed by atoms with van der Waals surface area (Å²) >= 11 is 1.28. The number of nitrogens with one attached hydrogen (secondary N) is 3. The van der Waals surface area contributed by atoms with Crippen LogP contribution in [0, 0.1) is 24.5 Å². The number of benzene rings is 1. The fourth-order valence-electron chi connectivity index (χ4n) is 4.10. The lowest BCUT2D eigenvalue weighted by atomic mass is 10.0. The van der Waals surface area contributed by atoms with Crippen molar-refractivity contribution >= 4 is 34.9 Å². The number of nitrogens with zero attached hydrogens (tertiary/aromatic N) is 5. The van der Waals surface area contributed by atoms with Gasteiger partial charge in [-0.3, -0.25) is 10.1 Å². The van der Waals surface area contributed by atoms with Gasteiger partial charge in [-0.1, -0.05) is 6.92 Å². The minimum Gasteiger partial charge on any atom is -0.339 e. The standard InChI is InChI=1S/C28H34F2N8S/c1-7-16(2)26(34-24-15-31-10-11-32-24)25(19-8-9-19)28(35-23-12-17(3)36-37-23)33-18(4)38(5)27-21(29)13-20(39-6)14-22(27)30/h10-15,19H,7-9H2,1-6H3,(H,32,34)(H2,35,36,37)/b26-16-,28-25+,33-18+. The second kappa shape index (κ2) is 12.4. The maximum atomic E-state index is 15.0. The van der Waals surface area contributed by atoms with Gasteiger partial charge in [0.15, 0.2) is 17.5 Å². The van der Waals surface area contributed by atoms with E-state index < -0.39 is 11.6 Å². The molecule has 39 heavy (non-hydrogen) atoms. The van der Waals surface area contributed by atoms with E-state index in [0.717, 1.165) is 41.8 Å². The van der Waals surface area contributed by atoms with Gasteiger partial charge in [-0.2, -0.15) is 5.10 Å². The molecule has 0 amide bonds. The summed E-state index contributed by atoms with van der Waals surface area (Å²) in [5.41, 5.74) is 3.71. The van der Waals surface area contributed by atoms with Gasteiger partial charge in [0.25, 0.3) is 0 Å². The summed E-state index contributed by atoms with van der Waals surface area (Å²) < 4.78 is 30.0. The third-order valence-electron chi connectivity index (χ3n) is 6.56. The smallest absolute Gasteiger partial charge is 0.153 e. The van der Waals surface area contributed by atoms with E-state index in [0.29, 0.717) is 28.2 Å². The van der Waals surface area contributed by atoms with Crippen molar-refractivity contribution < 1.29 is 8.78 Å². The van der Waals surface area contributed by atoms with Gasteiger partial charge in [0, 0.05) is 47.4 Å². The minimum atomic E-state index is -0.646. The van der Waals surface area contributed by atoms with E-state index in [1.165, 1.54) is 28.8 Å². The lowest BCUT2D eigenvalue weighted by Crippen LogP contribution is -2.27. The number of anilines is 3. The summed E-state index contributed by atoms with van der Waals surface area (Å²) in [6, 6.07) is 4.55. The number of allylic oxidation sites excluding steroid dienone is 2. The molecule has 11 heteroatoms. The number of amidine groups is 1. The van der Waals surface area contributed by atoms with Gasteiger partial charge in [0.2, 0.25) is 0 Å². The van der Waals surface area contributed by atoms with E-state index in [9.17, 15) is 8.78 Å². The molecule has 3 N–H and O–H groups in total. The van der Waals surface area contributed by atoms with Gasteiger partial charge in [-0.15, -0.1) is 11.8 Å². The Hall–Kier alpha value is -3.73. The number of aryl methyl sites for hydroxylation is 1. The molecule has 0 bridgehead atoms. The van der Waals surface area contributed by atoms with E-state index in [4.69, 9.17) is 4.99 Å². The zero-order valence-corrected chi connectivity index (χ0v) is 23.9. The van der Waals surface area contributed by atoms with Gasteiger partial charge in [-0.05, 0) is 69.9 Å². The van der Waals surface area contributed by atoms with Crippen LogP contribution >= 0.6 is 11.8 Å². The van der Waals surface area contributed by atoms with Gasteiger partial charge >= 0.3 is 0 Å². The normalized spacial score (nSPS) is 15.0. The predicted molar refractivity (Wildman–Crippen MR) is 155 cm³/mol. The molecule has 0 aliphatic heterocycles. The predicted octanol–water partition coefficient (Wildman–Crippen LogP) is 6.89. The average Bonchev–Trinajstić information content (AvgIpc) is 3.67. The van der Waals surface area contributed by atoms with Crippen LogP contribution in [0.15, 0.2) is 69.3 Å². The largest absolute Gasteiger partial charge is 0.339 e. The first-order chi connectivity index (χ1) is 18.7. The van der Waals surface area contributed by atoms with Crippen molar-refractivity contribution in [3.8, 4) is 0 Å². The van der Waals surface area contributed by atoms with Crippen molar-refractivity contribution in [1.29, 1.82) is 0 Å². The first-order valence-corrected chi connectivity index (χ1v) is 14.0. The molecule has 1 fully saturated rings. The van der Waals surface area contributed by atoms with Crippen LogP contribution in [0.1, 0.15) is 45.7 Å². The molecular weight excluding hydrogens is 518 g/mol. The monoisotopic (exact) mass is 552 g/mol. The van der Waals surface area contributed by atoms with Crippen LogP contribution in [0.5, 0.6) is 0 Å². The van der Waals surface area contributed by atoms with Crippen LogP contribution in [0.4, 0.5) is 26.1 Å². The van der Waals surface area contributed by atoms with Crippen LogP contribution in [0.2, 0.25) is 0 Å². The topological polar surface area (TPSA) is 94.1 Å². The van der Waals surface area contributed by atoms with Gasteiger partial charge in [-0.25, -0.2) is 18.8 Å². The fraction of sp³-hybridized carbons (Fsp3) is 0.357. The van der Waals surface area contributed by atoms with Crippen molar-refractivity contribution in [3.05, 3.63) is 76.8 Å². The van der Waals surface area contributed by atoms with Crippen LogP contribution < -0.4 is 15.5 Å². The molecule has 0 spiro atoms. The van der Waals surface area contributed by atoms with Crippen LogP contribution in [0.3, 0.4) is 0 Å². The van der Waals surface area contributed by atoms with Gasteiger partial charge in [0.05, 0.1) is 6.20 Å². The number of hydrogen-bond donors (Lipinski definition) is 3. The molecule has 1 aliphatic carbocycles. The third kappa shape index (κ3) is 6.83. The van der Waals surface area contributed by atoms with Crippen molar-refractivity contribution in [1.82, 2.24) is 20.2 Å². The summed E-state index contributed by atoms with van der Waals surface area (Å²) in [5.74, 6) is 1.11. The number of H-pyrrole nitrogens is 1. The van der Waals surface area contributed by atoms with E-state index in [2.05, 4.69) is 44.6 Å². The minimum absolute atomic E-state index is 0.157. The molecule has 0 atom stereocenters. The first kappa shape index (κ1) is 28.3. The highest BCUT2D eigenvalue weighted by molar-refractivity contribution is 7.98. The summed E-state index contributed by atoms with van der Waals surface area (Å²) in [7, 11) is 1.61. The molecule has 1 aromatic carbocycles. The zero-order chi connectivity index (χ0) is 28.1. The first-order valence-electron chi connectivity index (χ1n) is 12.8. The number of halogens is 2. The molecule has 1 saturated carbocycles. The van der Waals surface area contributed by atoms with Crippen molar-refractivity contribution in [2.75, 3.05) is 28.8 Å². The molecule has 0 radical (unpaired) electrons. The Morgan fingerprint density at radius 1 is 1.13 bits per heavy atom. The summed E-state index contributed by atoms with van der Waals surface area (Å²) in [5, 5.41) is 14.1. The Morgan fingerprint density at radius 2 is 1.85 bits per heavy atom. The molecule has 0 unspecified atom stereocenters. The number of rotatable bonds is 10.